The number of benzene rings is 2. The molecule has 2 aromatic carbocycles. The molecule has 0 saturated heterocycles. The summed E-state index contributed by atoms with van der Waals surface area (Å²) in [7, 11) is 3.38. The van der Waals surface area contributed by atoms with Crippen molar-refractivity contribution in [3.63, 3.8) is 0 Å². The third-order valence-electron chi connectivity index (χ3n) is 2.97. The minimum atomic E-state index is -0.116. The van der Waals surface area contributed by atoms with Gasteiger partial charge in [-0.25, -0.2) is 0 Å². The molecule has 0 aliphatic rings. The molecule has 0 saturated carbocycles. The number of carbonyl (C=O) groups excluding carboxylic acids is 1. The fourth-order valence-corrected chi connectivity index (χ4v) is 2.09. The molecule has 0 atom stereocenters. The van der Waals surface area contributed by atoms with Gasteiger partial charge in [-0.2, -0.15) is 0 Å². The van der Waals surface area contributed by atoms with E-state index in [-0.39, 0.29) is 5.91 Å². The van der Waals surface area contributed by atoms with Crippen LogP contribution < -0.4 is 10.5 Å². The minimum Gasteiger partial charge on any atom is -0.454 e. The van der Waals surface area contributed by atoms with E-state index in [4.69, 9.17) is 22.1 Å². The second-order valence-electron chi connectivity index (χ2n) is 4.99. The highest BCUT2D eigenvalue weighted by molar-refractivity contribution is 6.32. The number of carbonyl (C=O) groups is 1. The maximum atomic E-state index is 12.0. The third kappa shape index (κ3) is 3.47. The van der Waals surface area contributed by atoms with Gasteiger partial charge in [-0.3, -0.25) is 4.79 Å². The lowest BCUT2D eigenvalue weighted by atomic mass is 10.1. The van der Waals surface area contributed by atoms with Crippen molar-refractivity contribution < 1.29 is 9.53 Å². The second-order valence-corrected chi connectivity index (χ2v) is 5.40. The summed E-state index contributed by atoms with van der Waals surface area (Å²) in [6, 6.07) is 10.4. The van der Waals surface area contributed by atoms with Crippen molar-refractivity contribution in [2.45, 2.75) is 6.92 Å². The standard InChI is InChI=1S/C16H17ClN2O2/c1-10-4-7-14(12(17)8-10)21-15-9-11(5-6-13(15)18)16(20)19(2)3/h4-9H,18H2,1-3H3. The first-order valence-corrected chi connectivity index (χ1v) is 6.81. The SMILES string of the molecule is Cc1ccc(Oc2cc(C(=O)N(C)C)ccc2N)c(Cl)c1. The number of nitrogen functional groups attached to an aromatic ring is 1. The number of amides is 1. The molecule has 110 valence electrons. The van der Waals surface area contributed by atoms with E-state index < -0.39 is 0 Å². The number of ether oxygens (including phenoxy) is 1. The fourth-order valence-electron chi connectivity index (χ4n) is 1.82. The van der Waals surface area contributed by atoms with Crippen LogP contribution in [0.4, 0.5) is 5.69 Å². The van der Waals surface area contributed by atoms with Gasteiger partial charge in [0.25, 0.3) is 5.91 Å². The van der Waals surface area contributed by atoms with Crippen LogP contribution in [0.5, 0.6) is 11.5 Å². The van der Waals surface area contributed by atoms with Gasteiger partial charge in [-0.05, 0) is 42.8 Å². The van der Waals surface area contributed by atoms with Crippen molar-refractivity contribution in [3.05, 3.63) is 52.5 Å². The van der Waals surface area contributed by atoms with Gasteiger partial charge in [0.1, 0.15) is 5.75 Å². The zero-order valence-corrected chi connectivity index (χ0v) is 12.9. The molecule has 0 aliphatic carbocycles. The molecular weight excluding hydrogens is 288 g/mol. The summed E-state index contributed by atoms with van der Waals surface area (Å²) >= 11 is 6.14. The Morgan fingerprint density at radius 1 is 1.14 bits per heavy atom. The number of halogens is 1. The predicted octanol–water partition coefficient (Wildman–Crippen LogP) is 3.72. The van der Waals surface area contributed by atoms with Gasteiger partial charge in [-0.1, -0.05) is 17.7 Å². The summed E-state index contributed by atoms with van der Waals surface area (Å²) in [4.78, 5) is 13.5. The predicted molar refractivity (Wildman–Crippen MR) is 85.1 cm³/mol. The number of rotatable bonds is 3. The number of anilines is 1. The Hall–Kier alpha value is -2.20. The first kappa shape index (κ1) is 15.2. The first-order valence-electron chi connectivity index (χ1n) is 6.43. The average molecular weight is 305 g/mol. The summed E-state index contributed by atoms with van der Waals surface area (Å²) in [6.45, 7) is 1.94. The third-order valence-corrected chi connectivity index (χ3v) is 3.27. The molecule has 0 fully saturated rings. The lowest BCUT2D eigenvalue weighted by Gasteiger charge is -2.14. The highest BCUT2D eigenvalue weighted by Gasteiger charge is 2.12. The molecule has 0 bridgehead atoms. The maximum Gasteiger partial charge on any atom is 0.253 e. The number of nitrogens with zero attached hydrogens (tertiary/aromatic N) is 1. The van der Waals surface area contributed by atoms with E-state index >= 15 is 0 Å². The van der Waals surface area contributed by atoms with Crippen LogP contribution in [-0.4, -0.2) is 24.9 Å². The highest BCUT2D eigenvalue weighted by Crippen LogP contribution is 2.33. The van der Waals surface area contributed by atoms with E-state index in [1.54, 1.807) is 38.4 Å². The number of aryl methyl sites for hydroxylation is 1. The second kappa shape index (κ2) is 6.06. The van der Waals surface area contributed by atoms with Gasteiger partial charge in [0.15, 0.2) is 5.75 Å². The molecule has 2 aromatic rings. The summed E-state index contributed by atoms with van der Waals surface area (Å²) < 4.78 is 5.74. The van der Waals surface area contributed by atoms with Gasteiger partial charge < -0.3 is 15.4 Å². The van der Waals surface area contributed by atoms with Crippen LogP contribution in [0.1, 0.15) is 15.9 Å². The van der Waals surface area contributed by atoms with Crippen LogP contribution in [0.2, 0.25) is 5.02 Å². The van der Waals surface area contributed by atoms with Crippen molar-refractivity contribution in [1.82, 2.24) is 4.90 Å². The summed E-state index contributed by atoms with van der Waals surface area (Å²) in [5.74, 6) is 0.798. The molecular formula is C16H17ClN2O2. The first-order chi connectivity index (χ1) is 9.88. The van der Waals surface area contributed by atoms with Gasteiger partial charge >= 0.3 is 0 Å². The normalized spacial score (nSPS) is 10.3. The van der Waals surface area contributed by atoms with Gasteiger partial charge in [0, 0.05) is 19.7 Å². The van der Waals surface area contributed by atoms with Crippen LogP contribution in [0.25, 0.3) is 0 Å². The maximum absolute atomic E-state index is 12.0. The number of hydrogen-bond acceptors (Lipinski definition) is 3. The number of nitrogens with two attached hydrogens (primary N) is 1. The molecule has 0 unspecified atom stereocenters. The van der Waals surface area contributed by atoms with Crippen LogP contribution >= 0.6 is 11.6 Å². The van der Waals surface area contributed by atoms with E-state index in [9.17, 15) is 4.79 Å². The van der Waals surface area contributed by atoms with Crippen molar-refractivity contribution in [1.29, 1.82) is 0 Å². The average Bonchev–Trinajstić information content (AvgIpc) is 2.43. The van der Waals surface area contributed by atoms with Gasteiger partial charge in [-0.15, -0.1) is 0 Å². The Kier molecular flexibility index (Phi) is 4.38. The lowest BCUT2D eigenvalue weighted by molar-refractivity contribution is 0.0827. The Balaban J connectivity index is 2.35. The zero-order valence-electron chi connectivity index (χ0n) is 12.2. The van der Waals surface area contributed by atoms with Crippen molar-refractivity contribution >= 4 is 23.2 Å². The topological polar surface area (TPSA) is 55.6 Å². The monoisotopic (exact) mass is 304 g/mol. The molecule has 4 nitrogen and oxygen atoms in total. The van der Waals surface area contributed by atoms with Gasteiger partial charge in [0.05, 0.1) is 10.7 Å². The Morgan fingerprint density at radius 3 is 2.48 bits per heavy atom. The Labute approximate surface area is 129 Å². The van der Waals surface area contributed by atoms with E-state index in [0.717, 1.165) is 5.56 Å². The number of hydrogen-bond donors (Lipinski definition) is 1. The Bertz CT molecular complexity index is 684. The van der Waals surface area contributed by atoms with Crippen molar-refractivity contribution in [2.24, 2.45) is 0 Å². The van der Waals surface area contributed by atoms with Crippen LogP contribution in [0, 0.1) is 6.92 Å². The molecule has 0 aromatic heterocycles. The quantitative estimate of drug-likeness (QED) is 0.879. The van der Waals surface area contributed by atoms with E-state index in [2.05, 4.69) is 0 Å². The molecule has 0 aliphatic heterocycles. The molecule has 21 heavy (non-hydrogen) atoms. The van der Waals surface area contributed by atoms with Gasteiger partial charge in [0.2, 0.25) is 0 Å². The van der Waals surface area contributed by atoms with Crippen molar-refractivity contribution in [2.75, 3.05) is 19.8 Å². The molecule has 2 rings (SSSR count). The zero-order chi connectivity index (χ0) is 15.6. The van der Waals surface area contributed by atoms with E-state index in [0.29, 0.717) is 27.8 Å². The molecule has 5 heteroatoms. The minimum absolute atomic E-state index is 0.116. The summed E-state index contributed by atoms with van der Waals surface area (Å²) in [5, 5.41) is 0.499. The highest BCUT2D eigenvalue weighted by atomic mass is 35.5. The van der Waals surface area contributed by atoms with Crippen molar-refractivity contribution in [3.8, 4) is 11.5 Å². The summed E-state index contributed by atoms with van der Waals surface area (Å²) in [5.41, 5.74) is 7.89. The smallest absolute Gasteiger partial charge is 0.253 e. The largest absolute Gasteiger partial charge is 0.454 e. The van der Waals surface area contributed by atoms with Crippen LogP contribution in [0.15, 0.2) is 36.4 Å². The fraction of sp³-hybridized carbons (Fsp3) is 0.188. The van der Waals surface area contributed by atoms with E-state index in [1.807, 2.05) is 19.1 Å². The molecule has 0 heterocycles. The lowest BCUT2D eigenvalue weighted by Crippen LogP contribution is -2.21. The molecule has 0 spiro atoms. The van der Waals surface area contributed by atoms with Crippen LogP contribution in [0.3, 0.4) is 0 Å². The molecule has 2 N–H and O–H groups in total. The van der Waals surface area contributed by atoms with Crippen LogP contribution in [-0.2, 0) is 0 Å². The summed E-state index contributed by atoms with van der Waals surface area (Å²) in [6.07, 6.45) is 0. The molecule has 1 amide bonds. The van der Waals surface area contributed by atoms with E-state index in [1.165, 1.54) is 4.90 Å². The Morgan fingerprint density at radius 2 is 1.86 bits per heavy atom. The molecule has 0 radical (unpaired) electrons.